The van der Waals surface area contributed by atoms with E-state index in [0.29, 0.717) is 6.42 Å². The van der Waals surface area contributed by atoms with Gasteiger partial charge in [0, 0.05) is 11.3 Å². The number of rotatable bonds is 5. The zero-order valence-corrected chi connectivity index (χ0v) is 12.8. The standard InChI is InChI=1S/C14H21F3N2S/c1-13(18-2,8-5-9-14(15,16)17)12-19-10-6-3-4-7-11(10)20-12/h18H,3-9H2,1-2H3. The second-order valence-electron chi connectivity index (χ2n) is 5.65. The van der Waals surface area contributed by atoms with Crippen LogP contribution in [0.25, 0.3) is 0 Å². The van der Waals surface area contributed by atoms with Gasteiger partial charge in [0.15, 0.2) is 0 Å². The number of fused-ring (bicyclic) bond motifs is 1. The number of halogens is 3. The van der Waals surface area contributed by atoms with E-state index >= 15 is 0 Å². The van der Waals surface area contributed by atoms with Crippen LogP contribution in [0.1, 0.15) is 54.6 Å². The van der Waals surface area contributed by atoms with E-state index in [-0.39, 0.29) is 6.42 Å². The van der Waals surface area contributed by atoms with E-state index in [2.05, 4.69) is 10.3 Å². The molecular formula is C14H21F3N2S. The fraction of sp³-hybridized carbons (Fsp3) is 0.786. The summed E-state index contributed by atoms with van der Waals surface area (Å²) in [5.41, 5.74) is 0.710. The van der Waals surface area contributed by atoms with Gasteiger partial charge < -0.3 is 5.32 Å². The summed E-state index contributed by atoms with van der Waals surface area (Å²) >= 11 is 1.67. The van der Waals surface area contributed by atoms with Crippen molar-refractivity contribution in [2.75, 3.05) is 7.05 Å². The smallest absolute Gasteiger partial charge is 0.309 e. The van der Waals surface area contributed by atoms with Gasteiger partial charge in [0.1, 0.15) is 5.01 Å². The molecule has 1 aliphatic rings. The van der Waals surface area contributed by atoms with Gasteiger partial charge in [0.2, 0.25) is 0 Å². The van der Waals surface area contributed by atoms with Crippen LogP contribution in [0.5, 0.6) is 0 Å². The minimum Gasteiger partial charge on any atom is -0.309 e. The number of hydrogen-bond donors (Lipinski definition) is 1. The molecule has 114 valence electrons. The quantitative estimate of drug-likeness (QED) is 0.882. The van der Waals surface area contributed by atoms with Crippen molar-refractivity contribution in [3.05, 3.63) is 15.6 Å². The first-order valence-electron chi connectivity index (χ1n) is 7.09. The summed E-state index contributed by atoms with van der Waals surface area (Å²) < 4.78 is 36.9. The highest BCUT2D eigenvalue weighted by atomic mass is 32.1. The average Bonchev–Trinajstić information content (AvgIpc) is 2.81. The lowest BCUT2D eigenvalue weighted by molar-refractivity contribution is -0.136. The van der Waals surface area contributed by atoms with Gasteiger partial charge >= 0.3 is 6.18 Å². The number of alkyl halides is 3. The van der Waals surface area contributed by atoms with Crippen LogP contribution < -0.4 is 5.32 Å². The van der Waals surface area contributed by atoms with Gasteiger partial charge in [-0.1, -0.05) is 0 Å². The molecule has 0 saturated carbocycles. The van der Waals surface area contributed by atoms with Gasteiger partial charge in [-0.25, -0.2) is 4.98 Å². The Morgan fingerprint density at radius 1 is 1.20 bits per heavy atom. The highest BCUT2D eigenvalue weighted by Gasteiger charge is 2.33. The molecule has 0 fully saturated rings. The molecule has 1 aliphatic carbocycles. The van der Waals surface area contributed by atoms with Crippen LogP contribution in [0.4, 0.5) is 13.2 Å². The van der Waals surface area contributed by atoms with Crippen LogP contribution in [0, 0.1) is 0 Å². The Morgan fingerprint density at radius 3 is 2.50 bits per heavy atom. The van der Waals surface area contributed by atoms with Crippen molar-refractivity contribution in [3.8, 4) is 0 Å². The summed E-state index contributed by atoms with van der Waals surface area (Å²) in [5.74, 6) is 0. The lowest BCUT2D eigenvalue weighted by atomic mass is 9.95. The summed E-state index contributed by atoms with van der Waals surface area (Å²) in [5, 5.41) is 4.11. The predicted octanol–water partition coefficient (Wildman–Crippen LogP) is 4.19. The maximum atomic E-state index is 12.3. The van der Waals surface area contributed by atoms with Crippen molar-refractivity contribution in [1.82, 2.24) is 10.3 Å². The Hall–Kier alpha value is -0.620. The third-order valence-corrected chi connectivity index (χ3v) is 5.43. The number of aromatic nitrogens is 1. The first-order chi connectivity index (χ1) is 9.34. The van der Waals surface area contributed by atoms with Crippen molar-refractivity contribution in [3.63, 3.8) is 0 Å². The van der Waals surface area contributed by atoms with Crippen molar-refractivity contribution in [2.45, 2.75) is 63.6 Å². The van der Waals surface area contributed by atoms with Crippen LogP contribution in [0.2, 0.25) is 0 Å². The van der Waals surface area contributed by atoms with Crippen LogP contribution in [-0.4, -0.2) is 18.2 Å². The van der Waals surface area contributed by atoms with Gasteiger partial charge in [0.05, 0.1) is 11.2 Å². The van der Waals surface area contributed by atoms with E-state index in [1.807, 2.05) is 6.92 Å². The van der Waals surface area contributed by atoms with E-state index in [4.69, 9.17) is 0 Å². The topological polar surface area (TPSA) is 24.9 Å². The van der Waals surface area contributed by atoms with Crippen LogP contribution in [0.15, 0.2) is 0 Å². The Morgan fingerprint density at radius 2 is 1.90 bits per heavy atom. The molecule has 2 nitrogen and oxygen atoms in total. The van der Waals surface area contributed by atoms with Crippen LogP contribution in [-0.2, 0) is 18.4 Å². The number of hydrogen-bond acceptors (Lipinski definition) is 3. The van der Waals surface area contributed by atoms with E-state index in [1.54, 1.807) is 18.4 Å². The fourth-order valence-corrected chi connectivity index (χ4v) is 3.90. The minimum absolute atomic E-state index is 0.130. The maximum absolute atomic E-state index is 12.3. The minimum atomic E-state index is -4.07. The third kappa shape index (κ3) is 3.73. The van der Waals surface area contributed by atoms with Gasteiger partial charge in [-0.15, -0.1) is 11.3 Å². The second-order valence-corrected chi connectivity index (χ2v) is 6.73. The van der Waals surface area contributed by atoms with Gasteiger partial charge in [0.25, 0.3) is 0 Å². The summed E-state index contributed by atoms with van der Waals surface area (Å²) in [6.07, 6.45) is 0.218. The summed E-state index contributed by atoms with van der Waals surface area (Å²) in [6, 6.07) is 0. The molecule has 1 heterocycles. The third-order valence-electron chi connectivity index (χ3n) is 4.01. The molecule has 0 spiro atoms. The molecule has 0 bridgehead atoms. The zero-order valence-electron chi connectivity index (χ0n) is 11.9. The lowest BCUT2D eigenvalue weighted by Gasteiger charge is -2.27. The number of thiazole rings is 1. The molecule has 20 heavy (non-hydrogen) atoms. The van der Waals surface area contributed by atoms with Crippen molar-refractivity contribution < 1.29 is 13.2 Å². The monoisotopic (exact) mass is 306 g/mol. The first-order valence-corrected chi connectivity index (χ1v) is 7.90. The molecule has 1 aromatic rings. The molecule has 2 rings (SSSR count). The molecule has 1 atom stereocenters. The molecule has 1 N–H and O–H groups in total. The van der Waals surface area contributed by atoms with E-state index < -0.39 is 18.1 Å². The highest BCUT2D eigenvalue weighted by Crippen LogP contribution is 2.36. The maximum Gasteiger partial charge on any atom is 0.389 e. The zero-order chi connectivity index (χ0) is 14.8. The largest absolute Gasteiger partial charge is 0.389 e. The summed E-state index contributed by atoms with van der Waals surface area (Å²) in [7, 11) is 1.80. The van der Waals surface area contributed by atoms with E-state index in [0.717, 1.165) is 23.5 Å². The SMILES string of the molecule is CNC(C)(CCCC(F)(F)F)c1nc2c(s1)CCCC2. The summed E-state index contributed by atoms with van der Waals surface area (Å²) in [6.45, 7) is 1.95. The molecule has 1 unspecified atom stereocenters. The van der Waals surface area contributed by atoms with Gasteiger partial charge in [-0.05, 0) is 52.5 Å². The number of aryl methyl sites for hydroxylation is 2. The Bertz CT molecular complexity index is 432. The molecule has 6 heteroatoms. The molecule has 0 amide bonds. The van der Waals surface area contributed by atoms with E-state index in [1.165, 1.54) is 17.7 Å². The fourth-order valence-electron chi connectivity index (χ4n) is 2.57. The Balaban J connectivity index is 2.07. The van der Waals surface area contributed by atoms with Crippen LogP contribution >= 0.6 is 11.3 Å². The predicted molar refractivity (Wildman–Crippen MR) is 75.1 cm³/mol. The first kappa shape index (κ1) is 15.8. The number of nitrogens with zero attached hydrogens (tertiary/aromatic N) is 1. The molecule has 1 aromatic heterocycles. The summed E-state index contributed by atoms with van der Waals surface area (Å²) in [4.78, 5) is 6.01. The van der Waals surface area contributed by atoms with Crippen molar-refractivity contribution in [1.29, 1.82) is 0 Å². The van der Waals surface area contributed by atoms with Gasteiger partial charge in [-0.3, -0.25) is 0 Å². The van der Waals surface area contributed by atoms with Crippen molar-refractivity contribution >= 4 is 11.3 Å². The van der Waals surface area contributed by atoms with Crippen LogP contribution in [0.3, 0.4) is 0 Å². The molecular weight excluding hydrogens is 285 g/mol. The molecule has 0 radical (unpaired) electrons. The Labute approximate surface area is 121 Å². The van der Waals surface area contributed by atoms with Gasteiger partial charge in [-0.2, -0.15) is 13.2 Å². The number of nitrogens with one attached hydrogen (secondary N) is 1. The second kappa shape index (κ2) is 6.02. The normalized spacial score (nSPS) is 18.6. The molecule has 0 aromatic carbocycles. The molecule has 0 aliphatic heterocycles. The average molecular weight is 306 g/mol. The van der Waals surface area contributed by atoms with Crippen molar-refractivity contribution in [2.24, 2.45) is 0 Å². The highest BCUT2D eigenvalue weighted by molar-refractivity contribution is 7.11. The molecule has 0 saturated heterocycles. The Kier molecular flexibility index (Phi) is 4.74. The lowest BCUT2D eigenvalue weighted by Crippen LogP contribution is -2.37. The van der Waals surface area contributed by atoms with E-state index in [9.17, 15) is 13.2 Å².